The molecule has 0 spiro atoms. The lowest BCUT2D eigenvalue weighted by molar-refractivity contribution is -0.121. The summed E-state index contributed by atoms with van der Waals surface area (Å²) in [5.41, 5.74) is 1.80. The Hall–Kier alpha value is -1.96. The Morgan fingerprint density at radius 2 is 2.12 bits per heavy atom. The average molecular weight is 354 g/mol. The summed E-state index contributed by atoms with van der Waals surface area (Å²) in [7, 11) is 0. The molecule has 0 aromatic carbocycles. The Bertz CT molecular complexity index is 694. The molecular formula is C16H26N4O3S. The van der Waals surface area contributed by atoms with Crippen LogP contribution in [-0.4, -0.2) is 26.8 Å². The third-order valence-electron chi connectivity index (χ3n) is 3.82. The Morgan fingerprint density at radius 3 is 2.75 bits per heavy atom. The van der Waals surface area contributed by atoms with E-state index in [1.807, 2.05) is 13.8 Å². The van der Waals surface area contributed by atoms with Crippen LogP contribution in [0.1, 0.15) is 70.9 Å². The van der Waals surface area contributed by atoms with Gasteiger partial charge in [0.15, 0.2) is 4.77 Å². The number of carbonyl (C=O) groups is 1. The van der Waals surface area contributed by atoms with E-state index in [1.54, 1.807) is 0 Å². The van der Waals surface area contributed by atoms with Crippen molar-refractivity contribution in [2.75, 3.05) is 0 Å². The van der Waals surface area contributed by atoms with E-state index in [0.29, 0.717) is 6.42 Å². The summed E-state index contributed by atoms with van der Waals surface area (Å²) < 4.78 is 1.62. The lowest BCUT2D eigenvalue weighted by atomic mass is 10.1. The summed E-state index contributed by atoms with van der Waals surface area (Å²) in [4.78, 5) is 26.1. The van der Waals surface area contributed by atoms with Crippen LogP contribution >= 0.6 is 12.2 Å². The standard InChI is InChI=1S/C16H26N4O3S/c1-4-6-7-8-9-13(21)19-17-10-12-14(22)18-16(24)20(15(12)23)11(3)5-2/h10-11,23H,4-9H2,1-3H3,(H,19,21)(H,18,22,24)/b17-10-. The maximum atomic E-state index is 11.9. The SMILES string of the molecule is CCCCCCC(=O)N/N=C\c1c(O)n(C(C)CC)c(=S)[nH]c1=O. The minimum atomic E-state index is -0.544. The van der Waals surface area contributed by atoms with Crippen molar-refractivity contribution in [3.63, 3.8) is 0 Å². The van der Waals surface area contributed by atoms with E-state index < -0.39 is 5.56 Å². The van der Waals surface area contributed by atoms with Gasteiger partial charge in [0.1, 0.15) is 5.56 Å². The molecule has 1 atom stereocenters. The number of aromatic amines is 1. The number of nitrogens with zero attached hydrogens (tertiary/aromatic N) is 2. The van der Waals surface area contributed by atoms with Gasteiger partial charge in [0.05, 0.1) is 6.21 Å². The van der Waals surface area contributed by atoms with E-state index in [2.05, 4.69) is 22.4 Å². The first-order chi connectivity index (χ1) is 11.4. The molecule has 0 aliphatic rings. The first-order valence-electron chi connectivity index (χ1n) is 8.32. The molecule has 0 saturated heterocycles. The Kier molecular flexibility index (Phi) is 8.39. The van der Waals surface area contributed by atoms with Gasteiger partial charge in [-0.05, 0) is 32.0 Å². The third kappa shape index (κ3) is 5.59. The fourth-order valence-corrected chi connectivity index (χ4v) is 2.56. The van der Waals surface area contributed by atoms with Crippen LogP contribution in [0.25, 0.3) is 0 Å². The first-order valence-corrected chi connectivity index (χ1v) is 8.72. The van der Waals surface area contributed by atoms with Crippen molar-refractivity contribution in [3.8, 4) is 5.88 Å². The highest BCUT2D eigenvalue weighted by Crippen LogP contribution is 2.19. The van der Waals surface area contributed by atoms with Gasteiger partial charge in [-0.2, -0.15) is 5.10 Å². The van der Waals surface area contributed by atoms with Crippen molar-refractivity contribution < 1.29 is 9.90 Å². The summed E-state index contributed by atoms with van der Waals surface area (Å²) in [6.45, 7) is 5.94. The third-order valence-corrected chi connectivity index (χ3v) is 4.12. The molecule has 0 fully saturated rings. The highest BCUT2D eigenvalue weighted by Gasteiger charge is 2.14. The minimum absolute atomic E-state index is 0.0322. The van der Waals surface area contributed by atoms with Gasteiger partial charge in [0.2, 0.25) is 11.8 Å². The van der Waals surface area contributed by atoms with Crippen LogP contribution in [0.15, 0.2) is 9.90 Å². The number of rotatable bonds is 9. The number of hydrogen-bond donors (Lipinski definition) is 3. The zero-order valence-corrected chi connectivity index (χ0v) is 15.3. The zero-order valence-electron chi connectivity index (χ0n) is 14.5. The molecule has 1 amide bonds. The topological polar surface area (TPSA) is 99.5 Å². The van der Waals surface area contributed by atoms with Gasteiger partial charge in [0, 0.05) is 12.5 Å². The summed E-state index contributed by atoms with van der Waals surface area (Å²) in [5, 5.41) is 14.1. The number of aromatic nitrogens is 2. The number of amides is 1. The number of aromatic hydroxyl groups is 1. The normalized spacial score (nSPS) is 12.5. The summed E-state index contributed by atoms with van der Waals surface area (Å²) in [6, 6.07) is -0.0744. The molecule has 1 rings (SSSR count). The van der Waals surface area contributed by atoms with Gasteiger partial charge in [0.25, 0.3) is 5.56 Å². The smallest absolute Gasteiger partial charge is 0.264 e. The predicted molar refractivity (Wildman–Crippen MR) is 97.0 cm³/mol. The fourth-order valence-electron chi connectivity index (χ4n) is 2.20. The quantitative estimate of drug-likeness (QED) is 0.275. The van der Waals surface area contributed by atoms with Gasteiger partial charge in [-0.3, -0.25) is 19.1 Å². The second kappa shape index (κ2) is 10.0. The number of H-pyrrole nitrogens is 1. The molecule has 1 aromatic heterocycles. The van der Waals surface area contributed by atoms with Crippen LogP contribution in [0, 0.1) is 4.77 Å². The van der Waals surface area contributed by atoms with E-state index in [9.17, 15) is 14.7 Å². The fraction of sp³-hybridized carbons (Fsp3) is 0.625. The second-order valence-corrected chi connectivity index (χ2v) is 6.11. The van der Waals surface area contributed by atoms with Crippen molar-refractivity contribution in [1.29, 1.82) is 0 Å². The Morgan fingerprint density at radius 1 is 1.42 bits per heavy atom. The molecule has 0 saturated carbocycles. The van der Waals surface area contributed by atoms with Crippen LogP contribution in [-0.2, 0) is 4.79 Å². The van der Waals surface area contributed by atoms with Gasteiger partial charge in [-0.15, -0.1) is 0 Å². The van der Waals surface area contributed by atoms with Gasteiger partial charge >= 0.3 is 0 Å². The van der Waals surface area contributed by atoms with Crippen molar-refractivity contribution in [3.05, 3.63) is 20.7 Å². The number of nitrogens with one attached hydrogen (secondary N) is 2. The highest BCUT2D eigenvalue weighted by molar-refractivity contribution is 7.71. The van der Waals surface area contributed by atoms with Crippen LogP contribution in [0.4, 0.5) is 0 Å². The highest BCUT2D eigenvalue weighted by atomic mass is 32.1. The number of unbranched alkanes of at least 4 members (excludes halogenated alkanes) is 3. The van der Waals surface area contributed by atoms with Crippen LogP contribution in [0.3, 0.4) is 0 Å². The minimum Gasteiger partial charge on any atom is -0.494 e. The number of hydrogen-bond acceptors (Lipinski definition) is 5. The van der Waals surface area contributed by atoms with Gasteiger partial charge in [-0.1, -0.05) is 33.1 Å². The first kappa shape index (κ1) is 20.1. The molecule has 1 heterocycles. The van der Waals surface area contributed by atoms with Crippen LogP contribution < -0.4 is 11.0 Å². The second-order valence-electron chi connectivity index (χ2n) is 5.73. The van der Waals surface area contributed by atoms with E-state index >= 15 is 0 Å². The summed E-state index contributed by atoms with van der Waals surface area (Å²) in [5.74, 6) is -0.466. The molecule has 1 unspecified atom stereocenters. The average Bonchev–Trinajstić information content (AvgIpc) is 2.54. The van der Waals surface area contributed by atoms with Crippen molar-refractivity contribution in [2.24, 2.45) is 5.10 Å². The molecule has 1 aromatic rings. The largest absolute Gasteiger partial charge is 0.494 e. The molecule has 134 valence electrons. The molecule has 8 heteroatoms. The predicted octanol–water partition coefficient (Wildman–Crippen LogP) is 3.00. The molecule has 3 N–H and O–H groups in total. The summed E-state index contributed by atoms with van der Waals surface area (Å²) in [6.07, 6.45) is 6.28. The lowest BCUT2D eigenvalue weighted by Gasteiger charge is -2.16. The molecule has 0 radical (unpaired) electrons. The summed E-state index contributed by atoms with van der Waals surface area (Å²) >= 11 is 5.09. The molecule has 24 heavy (non-hydrogen) atoms. The van der Waals surface area contributed by atoms with E-state index in [-0.39, 0.29) is 28.2 Å². The van der Waals surface area contributed by atoms with E-state index in [0.717, 1.165) is 38.3 Å². The number of hydrazone groups is 1. The lowest BCUT2D eigenvalue weighted by Crippen LogP contribution is -2.22. The molecule has 0 aliphatic carbocycles. The van der Waals surface area contributed by atoms with Crippen LogP contribution in [0.5, 0.6) is 5.88 Å². The molecule has 7 nitrogen and oxygen atoms in total. The molecular weight excluding hydrogens is 328 g/mol. The maximum Gasteiger partial charge on any atom is 0.264 e. The van der Waals surface area contributed by atoms with Crippen molar-refractivity contribution in [1.82, 2.24) is 15.0 Å². The maximum absolute atomic E-state index is 11.9. The van der Waals surface area contributed by atoms with Gasteiger partial charge < -0.3 is 5.11 Å². The number of carbonyl (C=O) groups excluding carboxylic acids is 1. The Labute approximate surface area is 146 Å². The van der Waals surface area contributed by atoms with E-state index in [1.165, 1.54) is 4.57 Å². The molecule has 0 bridgehead atoms. The van der Waals surface area contributed by atoms with E-state index in [4.69, 9.17) is 12.2 Å². The van der Waals surface area contributed by atoms with Crippen LogP contribution in [0.2, 0.25) is 0 Å². The monoisotopic (exact) mass is 354 g/mol. The Balaban J connectivity index is 2.82. The van der Waals surface area contributed by atoms with Crippen molar-refractivity contribution in [2.45, 2.75) is 65.3 Å². The van der Waals surface area contributed by atoms with Crippen molar-refractivity contribution >= 4 is 24.3 Å². The zero-order chi connectivity index (χ0) is 18.1. The van der Waals surface area contributed by atoms with Gasteiger partial charge in [-0.25, -0.2) is 5.43 Å². The molecule has 0 aliphatic heterocycles.